The van der Waals surface area contributed by atoms with E-state index in [0.717, 1.165) is 10.8 Å². The zero-order valence-electron chi connectivity index (χ0n) is 18.6. The number of likely N-dealkylation sites (tertiary alicyclic amines) is 1. The Hall–Kier alpha value is -3.09. The molecule has 3 amide bonds. The number of nitrogens with one attached hydrogen (secondary N) is 2. The van der Waals surface area contributed by atoms with Crippen LogP contribution >= 0.6 is 0 Å². The average Bonchev–Trinajstić information content (AvgIpc) is 2.76. The normalized spacial score (nSPS) is 15.9. The van der Waals surface area contributed by atoms with E-state index in [1.54, 1.807) is 6.92 Å². The van der Waals surface area contributed by atoms with Crippen LogP contribution in [0.5, 0.6) is 5.75 Å². The summed E-state index contributed by atoms with van der Waals surface area (Å²) in [7, 11) is 0. The van der Waals surface area contributed by atoms with Gasteiger partial charge < -0.3 is 9.64 Å². The van der Waals surface area contributed by atoms with E-state index in [1.165, 1.54) is 0 Å². The highest BCUT2D eigenvalue weighted by molar-refractivity contribution is 5.87. The number of carbonyl (C=O) groups is 3. The van der Waals surface area contributed by atoms with Crippen LogP contribution in [0, 0.1) is 11.3 Å². The summed E-state index contributed by atoms with van der Waals surface area (Å²) >= 11 is 0. The van der Waals surface area contributed by atoms with Crippen LogP contribution in [-0.4, -0.2) is 41.8 Å². The zero-order valence-corrected chi connectivity index (χ0v) is 18.6. The molecule has 166 valence electrons. The van der Waals surface area contributed by atoms with Gasteiger partial charge in [-0.2, -0.15) is 0 Å². The molecule has 2 aromatic carbocycles. The van der Waals surface area contributed by atoms with Gasteiger partial charge in [-0.25, -0.2) is 0 Å². The second-order valence-electron chi connectivity index (χ2n) is 9.06. The fourth-order valence-corrected chi connectivity index (χ4v) is 3.64. The molecule has 0 aromatic heterocycles. The predicted molar refractivity (Wildman–Crippen MR) is 119 cm³/mol. The van der Waals surface area contributed by atoms with E-state index in [9.17, 15) is 14.4 Å². The number of ether oxygens (including phenoxy) is 1. The largest absolute Gasteiger partial charge is 0.481 e. The van der Waals surface area contributed by atoms with Gasteiger partial charge in [-0.1, -0.05) is 51.1 Å². The summed E-state index contributed by atoms with van der Waals surface area (Å²) in [4.78, 5) is 38.9. The number of rotatable bonds is 4. The minimum Gasteiger partial charge on any atom is -0.481 e. The minimum atomic E-state index is -0.771. The van der Waals surface area contributed by atoms with E-state index in [0.29, 0.717) is 31.7 Å². The first-order valence-electron chi connectivity index (χ1n) is 10.7. The van der Waals surface area contributed by atoms with Gasteiger partial charge in [0.15, 0.2) is 6.10 Å². The standard InChI is InChI=1S/C24H31N3O4/c1-16(31-20-10-9-17-7-5-6-8-19(17)15-20)21(28)25-26-22(29)18-11-13-27(14-12-18)23(30)24(2,3)4/h5-10,15-16,18H,11-14H2,1-4H3,(H,25,28)(H,26,29)/t16-/m0/s1. The monoisotopic (exact) mass is 425 g/mol. The molecule has 7 nitrogen and oxygen atoms in total. The number of piperidine rings is 1. The van der Waals surface area contributed by atoms with Crippen LogP contribution in [0.4, 0.5) is 0 Å². The maximum Gasteiger partial charge on any atom is 0.279 e. The van der Waals surface area contributed by atoms with Gasteiger partial charge in [0.25, 0.3) is 5.91 Å². The first-order valence-corrected chi connectivity index (χ1v) is 10.7. The summed E-state index contributed by atoms with van der Waals surface area (Å²) in [6.07, 6.45) is 0.381. The van der Waals surface area contributed by atoms with Crippen LogP contribution in [0.1, 0.15) is 40.5 Å². The summed E-state index contributed by atoms with van der Waals surface area (Å²) in [6.45, 7) is 8.40. The molecule has 0 saturated carbocycles. The van der Waals surface area contributed by atoms with Crippen molar-refractivity contribution >= 4 is 28.5 Å². The van der Waals surface area contributed by atoms with Crippen LogP contribution in [0.2, 0.25) is 0 Å². The van der Waals surface area contributed by atoms with E-state index in [1.807, 2.05) is 68.1 Å². The lowest BCUT2D eigenvalue weighted by Crippen LogP contribution is -2.51. The van der Waals surface area contributed by atoms with E-state index >= 15 is 0 Å². The molecule has 1 saturated heterocycles. The van der Waals surface area contributed by atoms with Crippen molar-refractivity contribution < 1.29 is 19.1 Å². The third-order valence-corrected chi connectivity index (χ3v) is 5.51. The molecule has 7 heteroatoms. The fourth-order valence-electron chi connectivity index (χ4n) is 3.64. The molecule has 0 spiro atoms. The lowest BCUT2D eigenvalue weighted by Gasteiger charge is -2.35. The number of amides is 3. The Kier molecular flexibility index (Phi) is 6.83. The van der Waals surface area contributed by atoms with Gasteiger partial charge in [-0.3, -0.25) is 25.2 Å². The number of fused-ring (bicyclic) bond motifs is 1. The fraction of sp³-hybridized carbons (Fsp3) is 0.458. The number of hydrogen-bond acceptors (Lipinski definition) is 4. The van der Waals surface area contributed by atoms with Crippen molar-refractivity contribution in [2.45, 2.75) is 46.6 Å². The topological polar surface area (TPSA) is 87.7 Å². The summed E-state index contributed by atoms with van der Waals surface area (Å²) < 4.78 is 5.73. The lowest BCUT2D eigenvalue weighted by molar-refractivity contribution is -0.143. The Bertz CT molecular complexity index is 959. The van der Waals surface area contributed by atoms with Crippen LogP contribution in [0.3, 0.4) is 0 Å². The number of hydrazine groups is 1. The van der Waals surface area contributed by atoms with E-state index in [-0.39, 0.29) is 17.7 Å². The smallest absolute Gasteiger partial charge is 0.279 e. The van der Waals surface area contributed by atoms with Crippen molar-refractivity contribution in [3.8, 4) is 5.75 Å². The Morgan fingerprint density at radius 3 is 2.29 bits per heavy atom. The average molecular weight is 426 g/mol. The predicted octanol–water partition coefficient (Wildman–Crippen LogP) is 3.04. The Morgan fingerprint density at radius 1 is 1.00 bits per heavy atom. The summed E-state index contributed by atoms with van der Waals surface area (Å²) in [5.74, 6) is -0.222. The van der Waals surface area contributed by atoms with Crippen molar-refractivity contribution in [1.82, 2.24) is 15.8 Å². The highest BCUT2D eigenvalue weighted by atomic mass is 16.5. The molecule has 1 fully saturated rings. The molecule has 1 heterocycles. The molecule has 1 atom stereocenters. The first-order chi connectivity index (χ1) is 14.6. The molecule has 2 N–H and O–H groups in total. The second-order valence-corrected chi connectivity index (χ2v) is 9.06. The van der Waals surface area contributed by atoms with Crippen LogP contribution < -0.4 is 15.6 Å². The molecule has 31 heavy (non-hydrogen) atoms. The Labute approximate surface area is 183 Å². The molecule has 2 aromatic rings. The van der Waals surface area contributed by atoms with Crippen molar-refractivity contribution in [2.75, 3.05) is 13.1 Å². The summed E-state index contributed by atoms with van der Waals surface area (Å²) in [5.41, 5.74) is 4.53. The maximum absolute atomic E-state index is 12.4. The van der Waals surface area contributed by atoms with Gasteiger partial charge in [-0.15, -0.1) is 0 Å². The van der Waals surface area contributed by atoms with Gasteiger partial charge >= 0.3 is 0 Å². The minimum absolute atomic E-state index is 0.0966. The van der Waals surface area contributed by atoms with Gasteiger partial charge in [0.05, 0.1) is 0 Å². The van der Waals surface area contributed by atoms with Crippen LogP contribution in [-0.2, 0) is 14.4 Å². The van der Waals surface area contributed by atoms with Crippen molar-refractivity contribution in [1.29, 1.82) is 0 Å². The van der Waals surface area contributed by atoms with E-state index in [4.69, 9.17) is 4.74 Å². The summed E-state index contributed by atoms with van der Waals surface area (Å²) in [5, 5.41) is 2.12. The van der Waals surface area contributed by atoms with Crippen molar-refractivity contribution in [2.24, 2.45) is 11.3 Å². The molecule has 0 aliphatic carbocycles. The van der Waals surface area contributed by atoms with Gasteiger partial charge in [0.1, 0.15) is 5.75 Å². The molecule has 0 radical (unpaired) electrons. The third-order valence-electron chi connectivity index (χ3n) is 5.51. The van der Waals surface area contributed by atoms with E-state index < -0.39 is 17.4 Å². The molecule has 3 rings (SSSR count). The Balaban J connectivity index is 1.45. The van der Waals surface area contributed by atoms with Gasteiger partial charge in [0, 0.05) is 24.4 Å². The quantitative estimate of drug-likeness (QED) is 0.737. The second kappa shape index (κ2) is 9.37. The molecule has 1 aliphatic heterocycles. The summed E-state index contributed by atoms with van der Waals surface area (Å²) in [6, 6.07) is 13.5. The third kappa shape index (κ3) is 5.75. The van der Waals surface area contributed by atoms with Crippen LogP contribution in [0.25, 0.3) is 10.8 Å². The van der Waals surface area contributed by atoms with Gasteiger partial charge in [0.2, 0.25) is 11.8 Å². The zero-order chi connectivity index (χ0) is 22.6. The highest BCUT2D eigenvalue weighted by Crippen LogP contribution is 2.24. The Morgan fingerprint density at radius 2 is 1.65 bits per heavy atom. The highest BCUT2D eigenvalue weighted by Gasteiger charge is 2.32. The molecule has 0 bridgehead atoms. The number of nitrogens with zero attached hydrogens (tertiary/aromatic N) is 1. The maximum atomic E-state index is 12.4. The molecule has 1 aliphatic rings. The lowest BCUT2D eigenvalue weighted by atomic mass is 9.91. The molecular weight excluding hydrogens is 394 g/mol. The molecular formula is C24H31N3O4. The molecule has 0 unspecified atom stereocenters. The van der Waals surface area contributed by atoms with Crippen molar-refractivity contribution in [3.05, 3.63) is 42.5 Å². The number of benzene rings is 2. The number of carbonyl (C=O) groups excluding carboxylic acids is 3. The van der Waals surface area contributed by atoms with E-state index in [2.05, 4.69) is 10.9 Å². The van der Waals surface area contributed by atoms with Crippen molar-refractivity contribution in [3.63, 3.8) is 0 Å². The van der Waals surface area contributed by atoms with Gasteiger partial charge in [-0.05, 0) is 42.7 Å². The number of hydrogen-bond donors (Lipinski definition) is 2. The SMILES string of the molecule is C[C@H](Oc1ccc2ccccc2c1)C(=O)NNC(=O)C1CCN(C(=O)C(C)(C)C)CC1. The van der Waals surface area contributed by atoms with Crippen LogP contribution in [0.15, 0.2) is 42.5 Å². The first kappa shape index (κ1) is 22.6.